The predicted octanol–water partition coefficient (Wildman–Crippen LogP) is 3.95. The van der Waals surface area contributed by atoms with E-state index >= 15 is 0 Å². The Balaban J connectivity index is 1.48. The lowest BCUT2D eigenvalue weighted by molar-refractivity contribution is -0.124. The first-order valence-electron chi connectivity index (χ1n) is 9.65. The van der Waals surface area contributed by atoms with Crippen LogP contribution in [0, 0.1) is 11.8 Å². The molecule has 4 atom stereocenters. The van der Waals surface area contributed by atoms with Crippen LogP contribution in [-0.4, -0.2) is 21.7 Å². The van der Waals surface area contributed by atoms with Crippen molar-refractivity contribution in [1.82, 2.24) is 15.1 Å². The van der Waals surface area contributed by atoms with Crippen molar-refractivity contribution in [3.63, 3.8) is 0 Å². The number of aromatic nitrogens is 2. The SMILES string of the molecule is O=C(N[C@@H]1CC[C@@H]2CCCC[C@H]2C1)[C@@H](c1ccccc1)n1cccn1. The van der Waals surface area contributed by atoms with Gasteiger partial charge in [0.1, 0.15) is 0 Å². The smallest absolute Gasteiger partial charge is 0.249 e. The molecule has 2 aliphatic rings. The van der Waals surface area contributed by atoms with Crippen LogP contribution in [0.5, 0.6) is 0 Å². The summed E-state index contributed by atoms with van der Waals surface area (Å²) in [5, 5.41) is 7.67. The molecular weight excluding hydrogens is 310 g/mol. The molecule has 0 spiro atoms. The highest BCUT2D eigenvalue weighted by molar-refractivity contribution is 5.83. The van der Waals surface area contributed by atoms with Gasteiger partial charge in [0.05, 0.1) is 0 Å². The van der Waals surface area contributed by atoms with Crippen LogP contribution in [0.3, 0.4) is 0 Å². The number of carbonyl (C=O) groups excluding carboxylic acids is 1. The molecule has 0 bridgehead atoms. The molecule has 0 radical (unpaired) electrons. The molecule has 1 heterocycles. The summed E-state index contributed by atoms with van der Waals surface area (Å²) in [5.41, 5.74) is 0.982. The number of carbonyl (C=O) groups is 1. The van der Waals surface area contributed by atoms with Gasteiger partial charge in [-0.1, -0.05) is 56.0 Å². The molecule has 2 aliphatic carbocycles. The molecule has 132 valence electrons. The minimum Gasteiger partial charge on any atom is -0.351 e. The van der Waals surface area contributed by atoms with Crippen LogP contribution in [0.2, 0.25) is 0 Å². The first-order chi connectivity index (χ1) is 12.3. The van der Waals surface area contributed by atoms with Crippen LogP contribution in [-0.2, 0) is 4.79 Å². The van der Waals surface area contributed by atoms with Gasteiger partial charge >= 0.3 is 0 Å². The molecule has 1 amide bonds. The van der Waals surface area contributed by atoms with Crippen molar-refractivity contribution in [2.24, 2.45) is 11.8 Å². The lowest BCUT2D eigenvalue weighted by Gasteiger charge is -2.39. The number of fused-ring (bicyclic) bond motifs is 1. The van der Waals surface area contributed by atoms with E-state index in [0.29, 0.717) is 6.04 Å². The predicted molar refractivity (Wildman–Crippen MR) is 98.0 cm³/mol. The fourth-order valence-electron chi connectivity index (χ4n) is 4.78. The third-order valence-electron chi connectivity index (χ3n) is 6.04. The number of benzene rings is 1. The van der Waals surface area contributed by atoms with Crippen molar-refractivity contribution in [2.45, 2.75) is 57.0 Å². The molecule has 1 aromatic heterocycles. The van der Waals surface area contributed by atoms with Gasteiger partial charge in [-0.15, -0.1) is 0 Å². The molecule has 1 aromatic carbocycles. The third kappa shape index (κ3) is 3.63. The van der Waals surface area contributed by atoms with Gasteiger partial charge in [0.15, 0.2) is 6.04 Å². The first kappa shape index (κ1) is 16.4. The fraction of sp³-hybridized carbons (Fsp3) is 0.524. The van der Waals surface area contributed by atoms with Crippen LogP contribution < -0.4 is 5.32 Å². The molecule has 2 saturated carbocycles. The Morgan fingerprint density at radius 3 is 2.60 bits per heavy atom. The molecular formula is C21H27N3O. The van der Waals surface area contributed by atoms with Gasteiger partial charge in [-0.25, -0.2) is 0 Å². The maximum Gasteiger partial charge on any atom is 0.249 e. The van der Waals surface area contributed by atoms with Crippen molar-refractivity contribution < 1.29 is 4.79 Å². The second-order valence-corrected chi connectivity index (χ2v) is 7.62. The van der Waals surface area contributed by atoms with E-state index in [0.717, 1.165) is 30.2 Å². The Morgan fingerprint density at radius 2 is 1.84 bits per heavy atom. The second kappa shape index (κ2) is 7.42. The molecule has 4 rings (SSSR count). The number of rotatable bonds is 4. The zero-order valence-electron chi connectivity index (χ0n) is 14.7. The number of nitrogens with zero attached hydrogens (tertiary/aromatic N) is 2. The number of hydrogen-bond donors (Lipinski definition) is 1. The Labute approximate surface area is 149 Å². The van der Waals surface area contributed by atoms with Crippen molar-refractivity contribution in [3.8, 4) is 0 Å². The lowest BCUT2D eigenvalue weighted by Crippen LogP contribution is -2.44. The van der Waals surface area contributed by atoms with E-state index in [9.17, 15) is 4.79 Å². The van der Waals surface area contributed by atoms with Gasteiger partial charge in [-0.3, -0.25) is 9.48 Å². The van der Waals surface area contributed by atoms with E-state index in [1.807, 2.05) is 42.6 Å². The van der Waals surface area contributed by atoms with Crippen molar-refractivity contribution >= 4 is 5.91 Å². The second-order valence-electron chi connectivity index (χ2n) is 7.62. The largest absolute Gasteiger partial charge is 0.351 e. The van der Waals surface area contributed by atoms with Gasteiger partial charge in [-0.2, -0.15) is 5.10 Å². The zero-order chi connectivity index (χ0) is 17.1. The molecule has 25 heavy (non-hydrogen) atoms. The number of hydrogen-bond acceptors (Lipinski definition) is 2. The van der Waals surface area contributed by atoms with Gasteiger partial charge in [-0.05, 0) is 42.7 Å². The van der Waals surface area contributed by atoms with Crippen LogP contribution in [0.25, 0.3) is 0 Å². The molecule has 0 unspecified atom stereocenters. The summed E-state index contributed by atoms with van der Waals surface area (Å²) in [6.07, 6.45) is 12.6. The standard InChI is InChI=1S/C21H27N3O/c25-21(23-19-12-11-16-7-4-5-10-18(16)15-19)20(24-14-6-13-22-24)17-8-2-1-3-9-17/h1-3,6,8-9,13-14,16,18-20H,4-5,7,10-12,15H2,(H,23,25)/t16-,18-,19+,20+/m0/s1. The average Bonchev–Trinajstić information content (AvgIpc) is 3.17. The number of nitrogens with one attached hydrogen (secondary N) is 1. The molecule has 4 heteroatoms. The minimum absolute atomic E-state index is 0.0640. The van der Waals surface area contributed by atoms with E-state index < -0.39 is 0 Å². The van der Waals surface area contributed by atoms with E-state index in [4.69, 9.17) is 0 Å². The van der Waals surface area contributed by atoms with Gasteiger partial charge in [0.25, 0.3) is 0 Å². The van der Waals surface area contributed by atoms with Crippen LogP contribution in [0.15, 0.2) is 48.8 Å². The third-order valence-corrected chi connectivity index (χ3v) is 6.04. The number of amides is 1. The summed E-state index contributed by atoms with van der Waals surface area (Å²) in [4.78, 5) is 13.1. The average molecular weight is 337 g/mol. The molecule has 2 fully saturated rings. The maximum atomic E-state index is 13.1. The van der Waals surface area contributed by atoms with E-state index in [-0.39, 0.29) is 11.9 Å². The molecule has 0 aliphatic heterocycles. The molecule has 1 N–H and O–H groups in total. The molecule has 2 aromatic rings. The summed E-state index contributed by atoms with van der Waals surface area (Å²) >= 11 is 0. The summed E-state index contributed by atoms with van der Waals surface area (Å²) in [6, 6.07) is 11.7. The topological polar surface area (TPSA) is 46.9 Å². The Kier molecular flexibility index (Phi) is 4.86. The van der Waals surface area contributed by atoms with Crippen LogP contribution in [0.4, 0.5) is 0 Å². The quantitative estimate of drug-likeness (QED) is 0.918. The Bertz CT molecular complexity index is 682. The zero-order valence-corrected chi connectivity index (χ0v) is 14.7. The summed E-state index contributed by atoms with van der Waals surface area (Å²) in [5.74, 6) is 1.78. The summed E-state index contributed by atoms with van der Waals surface area (Å²) in [7, 11) is 0. The van der Waals surface area contributed by atoms with E-state index in [1.165, 1.54) is 32.1 Å². The minimum atomic E-state index is -0.389. The molecule has 0 saturated heterocycles. The Morgan fingerprint density at radius 1 is 1.04 bits per heavy atom. The highest BCUT2D eigenvalue weighted by atomic mass is 16.2. The summed E-state index contributed by atoms with van der Waals surface area (Å²) in [6.45, 7) is 0. The van der Waals surface area contributed by atoms with Crippen LogP contribution in [0.1, 0.15) is 56.6 Å². The van der Waals surface area contributed by atoms with E-state index in [1.54, 1.807) is 10.9 Å². The normalized spacial score (nSPS) is 27.3. The highest BCUT2D eigenvalue weighted by Gasteiger charge is 2.34. The van der Waals surface area contributed by atoms with Crippen molar-refractivity contribution in [2.75, 3.05) is 0 Å². The maximum absolute atomic E-state index is 13.1. The first-order valence-corrected chi connectivity index (χ1v) is 9.65. The lowest BCUT2D eigenvalue weighted by atomic mass is 9.69. The Hall–Kier alpha value is -2.10. The summed E-state index contributed by atoms with van der Waals surface area (Å²) < 4.78 is 1.76. The van der Waals surface area contributed by atoms with Gasteiger partial charge in [0.2, 0.25) is 5.91 Å². The van der Waals surface area contributed by atoms with Crippen LogP contribution >= 0.6 is 0 Å². The van der Waals surface area contributed by atoms with Gasteiger partial charge in [0, 0.05) is 18.4 Å². The molecule has 4 nitrogen and oxygen atoms in total. The van der Waals surface area contributed by atoms with E-state index in [2.05, 4.69) is 10.4 Å². The van der Waals surface area contributed by atoms with Crippen molar-refractivity contribution in [1.29, 1.82) is 0 Å². The highest BCUT2D eigenvalue weighted by Crippen LogP contribution is 2.40. The monoisotopic (exact) mass is 337 g/mol. The van der Waals surface area contributed by atoms with Crippen molar-refractivity contribution in [3.05, 3.63) is 54.4 Å². The van der Waals surface area contributed by atoms with Gasteiger partial charge < -0.3 is 5.32 Å². The fourth-order valence-corrected chi connectivity index (χ4v) is 4.78.